The van der Waals surface area contributed by atoms with Gasteiger partial charge in [-0.05, 0) is 45.2 Å². The zero-order valence-corrected chi connectivity index (χ0v) is 9.72. The second kappa shape index (κ2) is 3.20. The highest BCUT2D eigenvalue weighted by atomic mass is 15.5. The van der Waals surface area contributed by atoms with E-state index in [2.05, 4.69) is 44.1 Å². The van der Waals surface area contributed by atoms with Crippen LogP contribution in [0.3, 0.4) is 0 Å². The van der Waals surface area contributed by atoms with Gasteiger partial charge in [0.2, 0.25) is 0 Å². The Bertz CT molecular complexity index is 462. The van der Waals surface area contributed by atoms with Crippen molar-refractivity contribution in [2.75, 3.05) is 0 Å². The van der Waals surface area contributed by atoms with Crippen LogP contribution < -0.4 is 0 Å². The fraction of sp³-hybridized carbons (Fsp3) is 0.500. The average molecular weight is 216 g/mol. The molecule has 4 nitrogen and oxygen atoms in total. The van der Waals surface area contributed by atoms with Gasteiger partial charge in [0, 0.05) is 12.4 Å². The van der Waals surface area contributed by atoms with E-state index in [4.69, 9.17) is 0 Å². The van der Waals surface area contributed by atoms with Crippen LogP contribution in [-0.2, 0) is 5.66 Å². The quantitative estimate of drug-likeness (QED) is 0.770. The van der Waals surface area contributed by atoms with Gasteiger partial charge in [0.25, 0.3) is 0 Å². The van der Waals surface area contributed by atoms with Crippen LogP contribution in [0.25, 0.3) is 0 Å². The second-order valence-corrected chi connectivity index (χ2v) is 4.64. The number of aryl methyl sites for hydroxylation is 2. The third-order valence-corrected chi connectivity index (χ3v) is 3.45. The highest BCUT2D eigenvalue weighted by Crippen LogP contribution is 2.39. The van der Waals surface area contributed by atoms with Crippen LogP contribution in [0, 0.1) is 13.8 Å². The van der Waals surface area contributed by atoms with Crippen molar-refractivity contribution in [2.45, 2.75) is 38.8 Å². The Morgan fingerprint density at radius 2 is 1.50 bits per heavy atom. The van der Waals surface area contributed by atoms with E-state index >= 15 is 0 Å². The molecule has 0 aromatic carbocycles. The lowest BCUT2D eigenvalue weighted by molar-refractivity contribution is 0.0699. The van der Waals surface area contributed by atoms with Crippen LogP contribution >= 0.6 is 0 Å². The van der Waals surface area contributed by atoms with E-state index in [1.165, 1.54) is 6.42 Å². The Labute approximate surface area is 94.9 Å². The van der Waals surface area contributed by atoms with Crippen molar-refractivity contribution in [1.29, 1.82) is 0 Å². The first-order valence-electron chi connectivity index (χ1n) is 5.76. The lowest BCUT2D eigenvalue weighted by Crippen LogP contribution is -2.48. The minimum atomic E-state index is -0.0392. The predicted molar refractivity (Wildman–Crippen MR) is 61.2 cm³/mol. The van der Waals surface area contributed by atoms with Crippen molar-refractivity contribution in [3.05, 3.63) is 35.9 Å². The molecule has 2 aromatic heterocycles. The second-order valence-electron chi connectivity index (χ2n) is 4.64. The van der Waals surface area contributed by atoms with Crippen LogP contribution in [0.5, 0.6) is 0 Å². The SMILES string of the molecule is Cc1ccn(C2(n3ccc(C)n3)CCC2)n1. The summed E-state index contributed by atoms with van der Waals surface area (Å²) >= 11 is 0. The molecule has 2 heterocycles. The van der Waals surface area contributed by atoms with Crippen LogP contribution in [-0.4, -0.2) is 19.6 Å². The van der Waals surface area contributed by atoms with Gasteiger partial charge in [-0.15, -0.1) is 0 Å². The van der Waals surface area contributed by atoms with Gasteiger partial charge in [-0.25, -0.2) is 9.36 Å². The average Bonchev–Trinajstić information content (AvgIpc) is 2.75. The van der Waals surface area contributed by atoms with E-state index in [1.54, 1.807) is 0 Å². The molecule has 84 valence electrons. The number of hydrogen-bond acceptors (Lipinski definition) is 2. The van der Waals surface area contributed by atoms with Gasteiger partial charge < -0.3 is 0 Å². The third kappa shape index (κ3) is 1.22. The zero-order valence-electron chi connectivity index (χ0n) is 9.72. The van der Waals surface area contributed by atoms with Gasteiger partial charge in [0.05, 0.1) is 11.4 Å². The van der Waals surface area contributed by atoms with Crippen LogP contribution in [0.2, 0.25) is 0 Å². The lowest BCUT2D eigenvalue weighted by Gasteiger charge is -2.42. The summed E-state index contributed by atoms with van der Waals surface area (Å²) < 4.78 is 4.14. The summed E-state index contributed by atoms with van der Waals surface area (Å²) in [7, 11) is 0. The third-order valence-electron chi connectivity index (χ3n) is 3.45. The summed E-state index contributed by atoms with van der Waals surface area (Å²) in [6.07, 6.45) is 7.61. The molecule has 0 radical (unpaired) electrons. The molecule has 0 saturated heterocycles. The number of hydrogen-bond donors (Lipinski definition) is 0. The monoisotopic (exact) mass is 216 g/mol. The van der Waals surface area contributed by atoms with Gasteiger partial charge in [-0.2, -0.15) is 10.2 Å². The number of nitrogens with zero attached hydrogens (tertiary/aromatic N) is 4. The standard InChI is InChI=1S/C12H16N4/c1-10-4-8-15(13-10)12(6-3-7-12)16-9-5-11(2)14-16/h4-5,8-9H,3,6-7H2,1-2H3. The van der Waals surface area contributed by atoms with E-state index in [-0.39, 0.29) is 5.66 Å². The van der Waals surface area contributed by atoms with Gasteiger partial charge in [-0.1, -0.05) is 0 Å². The molecule has 1 fully saturated rings. The molecule has 2 aromatic rings. The summed E-state index contributed by atoms with van der Waals surface area (Å²) in [5, 5.41) is 9.09. The normalized spacial score (nSPS) is 18.4. The molecule has 16 heavy (non-hydrogen) atoms. The van der Waals surface area contributed by atoms with Crippen molar-refractivity contribution in [1.82, 2.24) is 19.6 Å². The summed E-state index contributed by atoms with van der Waals surface area (Å²) in [5.41, 5.74) is 2.09. The van der Waals surface area contributed by atoms with E-state index < -0.39 is 0 Å². The van der Waals surface area contributed by atoms with Crippen molar-refractivity contribution < 1.29 is 0 Å². The first kappa shape index (κ1) is 9.63. The highest BCUT2D eigenvalue weighted by molar-refractivity contribution is 5.05. The number of aromatic nitrogens is 4. The molecule has 0 spiro atoms. The van der Waals surface area contributed by atoms with Gasteiger partial charge in [0.15, 0.2) is 5.66 Å². The first-order valence-corrected chi connectivity index (χ1v) is 5.76. The van der Waals surface area contributed by atoms with E-state index in [0.29, 0.717) is 0 Å². The van der Waals surface area contributed by atoms with Crippen molar-refractivity contribution in [3.63, 3.8) is 0 Å². The Morgan fingerprint density at radius 1 is 1.00 bits per heavy atom. The van der Waals surface area contributed by atoms with E-state index in [0.717, 1.165) is 24.2 Å². The molecule has 0 unspecified atom stereocenters. The molecule has 3 rings (SSSR count). The molecule has 0 N–H and O–H groups in total. The van der Waals surface area contributed by atoms with Gasteiger partial charge in [0.1, 0.15) is 0 Å². The van der Waals surface area contributed by atoms with Crippen LogP contribution in [0.4, 0.5) is 0 Å². The Kier molecular flexibility index (Phi) is 1.93. The summed E-state index contributed by atoms with van der Waals surface area (Å²) in [5.74, 6) is 0. The maximum atomic E-state index is 4.55. The molecule has 4 heteroatoms. The molecule has 0 aliphatic heterocycles. The summed E-state index contributed by atoms with van der Waals surface area (Å²) in [6, 6.07) is 4.10. The van der Waals surface area contributed by atoms with E-state index in [1.807, 2.05) is 13.8 Å². The van der Waals surface area contributed by atoms with Gasteiger partial charge in [-0.3, -0.25) is 0 Å². The molecule has 1 aliphatic carbocycles. The van der Waals surface area contributed by atoms with Crippen molar-refractivity contribution in [3.8, 4) is 0 Å². The molecular weight excluding hydrogens is 200 g/mol. The van der Waals surface area contributed by atoms with Gasteiger partial charge >= 0.3 is 0 Å². The topological polar surface area (TPSA) is 35.6 Å². The van der Waals surface area contributed by atoms with Crippen molar-refractivity contribution in [2.24, 2.45) is 0 Å². The lowest BCUT2D eigenvalue weighted by atomic mass is 9.85. The largest absolute Gasteiger partial charge is 0.245 e. The summed E-state index contributed by atoms with van der Waals surface area (Å²) in [6.45, 7) is 4.05. The first-order chi connectivity index (χ1) is 7.71. The van der Waals surface area contributed by atoms with Crippen molar-refractivity contribution >= 4 is 0 Å². The fourth-order valence-electron chi connectivity index (χ4n) is 2.35. The summed E-state index contributed by atoms with van der Waals surface area (Å²) in [4.78, 5) is 0. The smallest absolute Gasteiger partial charge is 0.153 e. The Hall–Kier alpha value is -1.58. The maximum Gasteiger partial charge on any atom is 0.153 e. The molecule has 0 amide bonds. The maximum absolute atomic E-state index is 4.55. The predicted octanol–water partition coefficient (Wildman–Crippen LogP) is 2.08. The Balaban J connectivity index is 2.06. The molecular formula is C12H16N4. The minimum absolute atomic E-state index is 0.0392. The fourth-order valence-corrected chi connectivity index (χ4v) is 2.35. The van der Waals surface area contributed by atoms with E-state index in [9.17, 15) is 0 Å². The Morgan fingerprint density at radius 3 is 1.75 bits per heavy atom. The minimum Gasteiger partial charge on any atom is -0.245 e. The molecule has 0 atom stereocenters. The molecule has 1 aliphatic rings. The highest BCUT2D eigenvalue weighted by Gasteiger charge is 2.42. The molecule has 0 bridgehead atoms. The molecule has 1 saturated carbocycles. The van der Waals surface area contributed by atoms with Crippen LogP contribution in [0.1, 0.15) is 30.7 Å². The number of rotatable bonds is 2. The van der Waals surface area contributed by atoms with Crippen LogP contribution in [0.15, 0.2) is 24.5 Å². The zero-order chi connectivity index (χ0) is 11.2.